The molecule has 0 saturated heterocycles. The van der Waals surface area contributed by atoms with E-state index in [0.717, 1.165) is 0 Å². The molecule has 2 rings (SSSR count). The molecule has 0 aliphatic carbocycles. The fourth-order valence-corrected chi connectivity index (χ4v) is 3.82. The monoisotopic (exact) mass is 473 g/mol. The number of methoxy groups -OCH3 is 1. The van der Waals surface area contributed by atoms with E-state index in [2.05, 4.69) is 20.3 Å². The molecule has 124 valence electrons. The van der Waals surface area contributed by atoms with E-state index < -0.39 is 16.1 Å². The number of urea groups is 1. The molecule has 9 nitrogen and oxygen atoms in total. The number of hydrogen-bond donors (Lipinski definition) is 2. The Morgan fingerprint density at radius 3 is 2.50 bits per heavy atom. The molecule has 0 fully saturated rings. The van der Waals surface area contributed by atoms with Gasteiger partial charge in [0, 0.05) is 26.6 Å². The van der Waals surface area contributed by atoms with Crippen LogP contribution in [0.4, 0.5) is 10.7 Å². The lowest BCUT2D eigenvalue weighted by molar-refractivity contribution is 0.256. The molecular weight excluding hydrogens is 461 g/mol. The van der Waals surface area contributed by atoms with Crippen LogP contribution in [-0.2, 0) is 10.0 Å². The molecule has 0 spiro atoms. The molecule has 2 amide bonds. The molecule has 0 atom stereocenters. The second-order valence-corrected chi connectivity index (χ2v) is 7.00. The van der Waals surface area contributed by atoms with E-state index >= 15 is 0 Å². The number of carbonyl (C=O) groups excluding carboxylic acids is 1. The van der Waals surface area contributed by atoms with Crippen LogP contribution in [0, 0.1) is 10.5 Å². The summed E-state index contributed by atoms with van der Waals surface area (Å²) >= 11 is 1.87. The molecule has 12 heteroatoms. The molecule has 0 saturated carbocycles. The lowest BCUT2D eigenvalue weighted by atomic mass is 10.4. The number of benzene rings is 1. The van der Waals surface area contributed by atoms with Crippen LogP contribution in [0.2, 0.25) is 0 Å². The van der Waals surface area contributed by atoms with E-state index in [1.807, 2.05) is 27.3 Å². The van der Waals surface area contributed by atoms with Gasteiger partial charge in [0.15, 0.2) is 0 Å². The molecule has 1 aromatic heterocycles. The number of anilines is 1. The van der Waals surface area contributed by atoms with Gasteiger partial charge >= 0.3 is 12.0 Å². The highest BCUT2D eigenvalue weighted by atomic mass is 127. The van der Waals surface area contributed by atoms with Gasteiger partial charge in [-0.15, -0.1) is 0 Å². The van der Waals surface area contributed by atoms with Crippen molar-refractivity contribution in [3.63, 3.8) is 0 Å². The predicted molar refractivity (Wildman–Crippen MR) is 95.4 cm³/mol. The minimum absolute atomic E-state index is 0. The fraction of sp³-hybridized carbons (Fsp3) is 0.167. The smallest absolute Gasteiger partial charge is 0.335 e. The summed E-state index contributed by atoms with van der Waals surface area (Å²) in [5.41, 5.74) is 0. The van der Waals surface area contributed by atoms with Crippen LogP contribution in [0.25, 0.3) is 0 Å². The summed E-state index contributed by atoms with van der Waals surface area (Å²) in [6.07, 6.45) is 0. The molecular formula is C12H12IMgN5O4S. The predicted octanol–water partition coefficient (Wildman–Crippen LogP) is 0.923. The first-order chi connectivity index (χ1) is 10.8. The van der Waals surface area contributed by atoms with Gasteiger partial charge in [-0.05, 0) is 41.6 Å². The van der Waals surface area contributed by atoms with Gasteiger partial charge in [0.2, 0.25) is 5.95 Å². The molecule has 2 aromatic rings. The number of nitrogens with zero attached hydrogens (tertiary/aromatic N) is 3. The molecule has 0 unspecified atom stereocenters. The minimum Gasteiger partial charge on any atom is -0.467 e. The first-order valence-electron chi connectivity index (χ1n) is 6.17. The van der Waals surface area contributed by atoms with E-state index in [0.29, 0.717) is 9.39 Å². The van der Waals surface area contributed by atoms with Gasteiger partial charge in [-0.3, -0.25) is 5.32 Å². The largest absolute Gasteiger partial charge is 0.467 e. The average Bonchev–Trinajstić information content (AvgIpc) is 2.46. The zero-order valence-corrected chi connectivity index (χ0v) is 17.2. The van der Waals surface area contributed by atoms with Crippen LogP contribution < -0.4 is 14.8 Å². The second kappa shape index (κ2) is 8.73. The van der Waals surface area contributed by atoms with Crippen molar-refractivity contribution in [3.05, 3.63) is 33.7 Å². The van der Waals surface area contributed by atoms with Crippen molar-refractivity contribution in [2.24, 2.45) is 0 Å². The van der Waals surface area contributed by atoms with E-state index in [1.165, 1.54) is 13.2 Å². The van der Waals surface area contributed by atoms with Crippen LogP contribution >= 0.6 is 22.6 Å². The molecule has 0 bridgehead atoms. The third-order valence-electron chi connectivity index (χ3n) is 2.49. The van der Waals surface area contributed by atoms with Gasteiger partial charge in [-0.2, -0.15) is 15.0 Å². The fourth-order valence-electron chi connectivity index (χ4n) is 1.57. The van der Waals surface area contributed by atoms with E-state index in [-0.39, 0.29) is 39.9 Å². The number of carbonyl (C=O) groups is 1. The Morgan fingerprint density at radius 1 is 1.21 bits per heavy atom. The minimum atomic E-state index is -4.01. The Kier molecular flexibility index (Phi) is 7.56. The van der Waals surface area contributed by atoms with Crippen molar-refractivity contribution >= 4 is 67.6 Å². The second-order valence-electron chi connectivity index (χ2n) is 4.18. The van der Waals surface area contributed by atoms with Crippen molar-refractivity contribution in [1.29, 1.82) is 0 Å². The van der Waals surface area contributed by atoms with Gasteiger partial charge in [-0.25, -0.2) is 17.9 Å². The van der Waals surface area contributed by atoms with Crippen molar-refractivity contribution in [3.8, 4) is 6.01 Å². The standard InChI is InChI=1S/C12H12IN5O4S.Mg/c1-7-14-10(17-12(15-7)22-2)16-11(19)18-23(20,21)9-6-4-3-5-8(9)13;/h3-6H,1-2H3,(H2,14,15,16,17,18,19);. The van der Waals surface area contributed by atoms with Crippen molar-refractivity contribution in [2.75, 3.05) is 12.4 Å². The van der Waals surface area contributed by atoms with Crippen molar-refractivity contribution < 1.29 is 17.9 Å². The number of sulfonamides is 1. The number of nitrogens with one attached hydrogen (secondary N) is 2. The molecule has 2 radical (unpaired) electrons. The quantitative estimate of drug-likeness (QED) is 0.500. The summed E-state index contributed by atoms with van der Waals surface area (Å²) in [6, 6.07) is 5.29. The Hall–Kier alpha value is -1.25. The highest BCUT2D eigenvalue weighted by molar-refractivity contribution is 14.1. The molecule has 1 aromatic carbocycles. The molecule has 1 heterocycles. The summed E-state index contributed by atoms with van der Waals surface area (Å²) in [5, 5.41) is 2.23. The Bertz CT molecular complexity index is 849. The van der Waals surface area contributed by atoms with Crippen LogP contribution in [0.5, 0.6) is 6.01 Å². The number of rotatable bonds is 4. The summed E-state index contributed by atoms with van der Waals surface area (Å²) < 4.78 is 31.6. The first kappa shape index (κ1) is 20.8. The van der Waals surface area contributed by atoms with E-state index in [4.69, 9.17) is 4.74 Å². The van der Waals surface area contributed by atoms with Crippen LogP contribution in [0.15, 0.2) is 29.2 Å². The van der Waals surface area contributed by atoms with Crippen molar-refractivity contribution in [2.45, 2.75) is 11.8 Å². The van der Waals surface area contributed by atoms with Gasteiger partial charge in [0.1, 0.15) is 10.7 Å². The Morgan fingerprint density at radius 2 is 1.88 bits per heavy atom. The molecule has 2 N–H and O–H groups in total. The highest BCUT2D eigenvalue weighted by Gasteiger charge is 2.20. The topological polar surface area (TPSA) is 123 Å². The number of hydrogen-bond acceptors (Lipinski definition) is 7. The third-order valence-corrected chi connectivity index (χ3v) is 5.18. The van der Waals surface area contributed by atoms with Gasteiger partial charge < -0.3 is 4.74 Å². The first-order valence-corrected chi connectivity index (χ1v) is 8.73. The average molecular weight is 474 g/mol. The summed E-state index contributed by atoms with van der Waals surface area (Å²) in [5.74, 6) is 0.192. The normalized spacial score (nSPS) is 10.5. The number of amides is 2. The maximum atomic E-state index is 12.2. The number of ether oxygens (including phenoxy) is 1. The highest BCUT2D eigenvalue weighted by Crippen LogP contribution is 2.17. The zero-order valence-electron chi connectivity index (χ0n) is 12.8. The number of aryl methyl sites for hydroxylation is 1. The lowest BCUT2D eigenvalue weighted by Gasteiger charge is -2.09. The Balaban J connectivity index is 0.00000288. The number of halogens is 1. The van der Waals surface area contributed by atoms with Gasteiger partial charge in [-0.1, -0.05) is 12.1 Å². The molecule has 0 aliphatic heterocycles. The maximum absolute atomic E-state index is 12.2. The summed E-state index contributed by atoms with van der Waals surface area (Å²) in [7, 11) is -2.65. The third kappa shape index (κ3) is 5.39. The molecule has 24 heavy (non-hydrogen) atoms. The lowest BCUT2D eigenvalue weighted by Crippen LogP contribution is -2.35. The van der Waals surface area contributed by atoms with E-state index in [1.54, 1.807) is 25.1 Å². The zero-order chi connectivity index (χ0) is 17.0. The van der Waals surface area contributed by atoms with Crippen LogP contribution in [0.3, 0.4) is 0 Å². The SMILES string of the molecule is COc1nc(C)nc(NC(=O)NS(=O)(=O)c2ccccc2I)n1.[Mg]. The van der Waals surface area contributed by atoms with Crippen LogP contribution in [-0.4, -0.2) is 59.6 Å². The van der Waals surface area contributed by atoms with Crippen molar-refractivity contribution in [1.82, 2.24) is 19.7 Å². The summed E-state index contributed by atoms with van der Waals surface area (Å²) in [6.45, 7) is 1.58. The van der Waals surface area contributed by atoms with Gasteiger partial charge in [0.25, 0.3) is 10.0 Å². The summed E-state index contributed by atoms with van der Waals surface area (Å²) in [4.78, 5) is 23.4. The molecule has 0 aliphatic rings. The Labute approximate surface area is 168 Å². The van der Waals surface area contributed by atoms with E-state index in [9.17, 15) is 13.2 Å². The maximum Gasteiger partial charge on any atom is 0.335 e. The van der Waals surface area contributed by atoms with Crippen LogP contribution in [0.1, 0.15) is 5.82 Å². The number of aromatic nitrogens is 3. The van der Waals surface area contributed by atoms with Gasteiger partial charge in [0.05, 0.1) is 7.11 Å².